The molecule has 1 aromatic rings. The largest absolute Gasteiger partial charge is 0.467 e. The molecule has 5 heteroatoms. The Morgan fingerprint density at radius 3 is 2.72 bits per heavy atom. The van der Waals surface area contributed by atoms with Crippen molar-refractivity contribution in [3.05, 3.63) is 35.9 Å². The molecule has 1 fully saturated rings. The minimum Gasteiger partial charge on any atom is -0.467 e. The van der Waals surface area contributed by atoms with Gasteiger partial charge in [0, 0.05) is 0 Å². The van der Waals surface area contributed by atoms with Crippen molar-refractivity contribution in [3.8, 4) is 0 Å². The predicted octanol–water partition coefficient (Wildman–Crippen LogP) is 0.194. The van der Waals surface area contributed by atoms with E-state index >= 15 is 0 Å². The third kappa shape index (κ3) is 1.97. The molecule has 1 amide bonds. The Morgan fingerprint density at radius 2 is 2.17 bits per heavy atom. The topological polar surface area (TPSA) is 75.6 Å². The highest BCUT2D eigenvalue weighted by Crippen LogP contribution is 2.33. The van der Waals surface area contributed by atoms with Gasteiger partial charge in [-0.1, -0.05) is 30.3 Å². The van der Waals surface area contributed by atoms with Crippen molar-refractivity contribution in [1.82, 2.24) is 5.32 Å². The van der Waals surface area contributed by atoms with Crippen LogP contribution in [0, 0.1) is 0 Å². The third-order valence-electron chi connectivity index (χ3n) is 3.28. The van der Waals surface area contributed by atoms with Crippen LogP contribution >= 0.6 is 0 Å². The number of amides is 1. The lowest BCUT2D eigenvalue weighted by Gasteiger charge is -2.23. The molecule has 5 nitrogen and oxygen atoms in total. The van der Waals surface area contributed by atoms with Gasteiger partial charge in [-0.15, -0.1) is 0 Å². The van der Waals surface area contributed by atoms with Crippen LogP contribution in [0.2, 0.25) is 0 Å². The molecule has 96 valence electrons. The van der Waals surface area contributed by atoms with Gasteiger partial charge >= 0.3 is 5.97 Å². The van der Waals surface area contributed by atoms with E-state index in [1.807, 2.05) is 30.3 Å². The van der Waals surface area contributed by atoms with Crippen LogP contribution in [0.3, 0.4) is 0 Å². The Balaban J connectivity index is 2.28. The Kier molecular flexibility index (Phi) is 3.34. The van der Waals surface area contributed by atoms with Crippen LogP contribution in [0.25, 0.3) is 0 Å². The van der Waals surface area contributed by atoms with E-state index in [1.54, 1.807) is 0 Å². The number of hydrogen-bond donors (Lipinski definition) is 2. The fourth-order valence-corrected chi connectivity index (χ4v) is 2.27. The molecule has 1 aromatic carbocycles. The normalized spacial score (nSPS) is 26.8. The molecule has 1 heterocycles. The van der Waals surface area contributed by atoms with Gasteiger partial charge in [-0.05, 0) is 12.0 Å². The summed E-state index contributed by atoms with van der Waals surface area (Å²) in [7, 11) is 1.24. The lowest BCUT2D eigenvalue weighted by molar-refractivity contribution is -0.150. The molecule has 1 aliphatic heterocycles. The lowest BCUT2D eigenvalue weighted by atomic mass is 9.89. The molecule has 0 saturated carbocycles. The molecule has 2 N–H and O–H groups in total. The van der Waals surface area contributed by atoms with E-state index in [4.69, 9.17) is 0 Å². The second kappa shape index (κ2) is 4.78. The number of methoxy groups -OCH3 is 1. The minimum absolute atomic E-state index is 0.207. The molecule has 0 spiro atoms. The van der Waals surface area contributed by atoms with Crippen LogP contribution in [-0.4, -0.2) is 36.2 Å². The molecule has 1 aliphatic rings. The number of nitrogens with one attached hydrogen (secondary N) is 1. The molecule has 2 rings (SSSR count). The van der Waals surface area contributed by atoms with Crippen LogP contribution < -0.4 is 5.32 Å². The van der Waals surface area contributed by atoms with E-state index in [0.717, 1.165) is 5.56 Å². The van der Waals surface area contributed by atoms with Crippen LogP contribution in [0.5, 0.6) is 0 Å². The SMILES string of the molecule is COC(=O)[C@]1(CO)C[C@@H](c2ccccc2)C(=O)N1. The van der Waals surface area contributed by atoms with Crippen molar-refractivity contribution in [3.63, 3.8) is 0 Å². The van der Waals surface area contributed by atoms with E-state index in [-0.39, 0.29) is 12.3 Å². The summed E-state index contributed by atoms with van der Waals surface area (Å²) in [5, 5.41) is 11.9. The zero-order valence-corrected chi connectivity index (χ0v) is 10.1. The molecule has 0 unspecified atom stereocenters. The van der Waals surface area contributed by atoms with Crippen molar-refractivity contribution in [2.24, 2.45) is 0 Å². The fraction of sp³-hybridized carbons (Fsp3) is 0.385. The summed E-state index contributed by atoms with van der Waals surface area (Å²) in [5.74, 6) is -1.31. The zero-order chi connectivity index (χ0) is 13.2. The lowest BCUT2D eigenvalue weighted by Crippen LogP contribution is -2.52. The van der Waals surface area contributed by atoms with E-state index in [1.165, 1.54) is 7.11 Å². The molecule has 0 radical (unpaired) electrons. The first-order chi connectivity index (χ1) is 8.63. The van der Waals surface area contributed by atoms with E-state index < -0.39 is 24.0 Å². The molecular formula is C13H15NO4. The minimum atomic E-state index is -1.31. The number of ether oxygens (including phenoxy) is 1. The Bertz CT molecular complexity index is 459. The quantitative estimate of drug-likeness (QED) is 0.750. The first kappa shape index (κ1) is 12.6. The standard InChI is InChI=1S/C13H15NO4/c1-18-12(17)13(8-15)7-10(11(16)14-13)9-5-3-2-4-6-9/h2-6,10,15H,7-8H2,1H3,(H,14,16)/t10-,13+/m0/s1. The van der Waals surface area contributed by atoms with Gasteiger partial charge in [-0.25, -0.2) is 4.79 Å². The number of carbonyl (C=O) groups is 2. The Hall–Kier alpha value is -1.88. The van der Waals surface area contributed by atoms with Gasteiger partial charge in [0.05, 0.1) is 19.6 Å². The van der Waals surface area contributed by atoms with Crippen LogP contribution in [0.1, 0.15) is 17.9 Å². The van der Waals surface area contributed by atoms with E-state index in [2.05, 4.69) is 10.1 Å². The monoisotopic (exact) mass is 249 g/mol. The maximum absolute atomic E-state index is 11.9. The van der Waals surface area contributed by atoms with Crippen molar-refractivity contribution in [1.29, 1.82) is 0 Å². The van der Waals surface area contributed by atoms with Gasteiger partial charge in [-0.3, -0.25) is 4.79 Å². The summed E-state index contributed by atoms with van der Waals surface area (Å²) in [5.41, 5.74) is -0.485. The highest BCUT2D eigenvalue weighted by molar-refractivity contribution is 5.95. The smallest absolute Gasteiger partial charge is 0.334 e. The zero-order valence-electron chi connectivity index (χ0n) is 10.1. The van der Waals surface area contributed by atoms with Crippen LogP contribution in [0.15, 0.2) is 30.3 Å². The second-order valence-electron chi connectivity index (χ2n) is 4.39. The van der Waals surface area contributed by atoms with Crippen molar-refractivity contribution in [2.45, 2.75) is 17.9 Å². The van der Waals surface area contributed by atoms with Gasteiger partial charge < -0.3 is 15.2 Å². The highest BCUT2D eigenvalue weighted by Gasteiger charge is 2.50. The maximum Gasteiger partial charge on any atom is 0.334 e. The maximum atomic E-state index is 11.9. The van der Waals surface area contributed by atoms with Crippen molar-refractivity contribution >= 4 is 11.9 Å². The van der Waals surface area contributed by atoms with Crippen molar-refractivity contribution < 1.29 is 19.4 Å². The summed E-state index contributed by atoms with van der Waals surface area (Å²) in [6, 6.07) is 9.18. The van der Waals surface area contributed by atoms with Gasteiger partial charge in [0.1, 0.15) is 0 Å². The average Bonchev–Trinajstić information content (AvgIpc) is 2.77. The highest BCUT2D eigenvalue weighted by atomic mass is 16.5. The number of carbonyl (C=O) groups excluding carboxylic acids is 2. The predicted molar refractivity (Wildman–Crippen MR) is 63.8 cm³/mol. The van der Waals surface area contributed by atoms with Crippen LogP contribution in [0.4, 0.5) is 0 Å². The Morgan fingerprint density at radius 1 is 1.50 bits per heavy atom. The summed E-state index contributed by atoms with van der Waals surface area (Å²) in [6.45, 7) is -0.464. The summed E-state index contributed by atoms with van der Waals surface area (Å²) < 4.78 is 4.65. The van der Waals surface area contributed by atoms with Crippen LogP contribution in [-0.2, 0) is 14.3 Å². The third-order valence-corrected chi connectivity index (χ3v) is 3.28. The molecule has 0 aliphatic carbocycles. The van der Waals surface area contributed by atoms with Gasteiger partial charge in [0.25, 0.3) is 0 Å². The molecule has 2 atom stereocenters. The summed E-state index contributed by atoms with van der Waals surface area (Å²) in [6.07, 6.45) is 0.207. The van der Waals surface area contributed by atoms with Gasteiger partial charge in [-0.2, -0.15) is 0 Å². The molecule has 0 bridgehead atoms. The fourth-order valence-electron chi connectivity index (χ4n) is 2.27. The number of rotatable bonds is 3. The number of aliphatic hydroxyl groups is 1. The average molecular weight is 249 g/mol. The van der Waals surface area contributed by atoms with Gasteiger partial charge in [0.2, 0.25) is 5.91 Å². The van der Waals surface area contributed by atoms with E-state index in [0.29, 0.717) is 0 Å². The summed E-state index contributed by atoms with van der Waals surface area (Å²) >= 11 is 0. The van der Waals surface area contributed by atoms with Crippen molar-refractivity contribution in [2.75, 3.05) is 13.7 Å². The number of hydrogen-bond acceptors (Lipinski definition) is 4. The van der Waals surface area contributed by atoms with Gasteiger partial charge in [0.15, 0.2) is 5.54 Å². The van der Waals surface area contributed by atoms with E-state index in [9.17, 15) is 14.7 Å². The number of aliphatic hydroxyl groups excluding tert-OH is 1. The summed E-state index contributed by atoms with van der Waals surface area (Å²) in [4.78, 5) is 23.6. The Labute approximate surface area is 105 Å². The molecule has 18 heavy (non-hydrogen) atoms. The first-order valence-corrected chi connectivity index (χ1v) is 5.69. The number of benzene rings is 1. The molecule has 0 aromatic heterocycles. The molecular weight excluding hydrogens is 234 g/mol. The number of esters is 1. The first-order valence-electron chi connectivity index (χ1n) is 5.69. The molecule has 1 saturated heterocycles. The second-order valence-corrected chi connectivity index (χ2v) is 4.39.